The molecule has 1 atom stereocenters. The molecule has 0 unspecified atom stereocenters. The fraction of sp³-hybridized carbons (Fsp3) is 0.333. The molecule has 1 fully saturated rings. The van der Waals surface area contributed by atoms with Gasteiger partial charge in [-0.25, -0.2) is 9.97 Å². The van der Waals surface area contributed by atoms with Crippen LogP contribution in [0, 0.1) is 5.95 Å². The summed E-state index contributed by atoms with van der Waals surface area (Å²) >= 11 is 6.16. The van der Waals surface area contributed by atoms with Crippen molar-refractivity contribution in [3.63, 3.8) is 0 Å². The summed E-state index contributed by atoms with van der Waals surface area (Å²) in [5, 5.41) is 4.80. The third-order valence-corrected chi connectivity index (χ3v) is 4.34. The molecule has 0 aliphatic carbocycles. The Hall–Kier alpha value is -2.58. The van der Waals surface area contributed by atoms with Gasteiger partial charge in [-0.1, -0.05) is 11.6 Å². The lowest BCUT2D eigenvalue weighted by molar-refractivity contribution is -0.132. The Kier molecular flexibility index (Phi) is 3.76. The lowest BCUT2D eigenvalue weighted by Gasteiger charge is -2.36. The van der Waals surface area contributed by atoms with Crippen molar-refractivity contribution < 1.29 is 22.2 Å². The largest absolute Gasteiger partial charge is 0.354 e. The molecule has 1 aliphatic heterocycles. The molecular weight excluding hydrogens is 373 g/mol. The number of rotatable bonds is 3. The van der Waals surface area contributed by atoms with Gasteiger partial charge in [0.15, 0.2) is 0 Å². The SMILES string of the molecule is [2H]C([2H])([2H])NC(=O)c1cc(-c2cc([C@@H]3CNCCN3C(=O)C([2H])([2H])[2H])cc(Cl)n2)cc(F)n1. The van der Waals surface area contributed by atoms with E-state index in [1.165, 1.54) is 17.0 Å². The van der Waals surface area contributed by atoms with E-state index in [9.17, 15) is 14.0 Å². The molecule has 0 bridgehead atoms. The predicted molar refractivity (Wildman–Crippen MR) is 98.8 cm³/mol. The van der Waals surface area contributed by atoms with Crippen molar-refractivity contribution in [3.8, 4) is 11.3 Å². The van der Waals surface area contributed by atoms with Gasteiger partial charge in [0.1, 0.15) is 10.8 Å². The van der Waals surface area contributed by atoms with E-state index in [0.29, 0.717) is 12.1 Å². The molecule has 2 aromatic heterocycles. The number of nitrogens with zero attached hydrogens (tertiary/aromatic N) is 3. The van der Waals surface area contributed by atoms with E-state index in [4.69, 9.17) is 19.8 Å². The number of aromatic nitrogens is 2. The molecule has 2 aromatic rings. The van der Waals surface area contributed by atoms with E-state index in [2.05, 4.69) is 15.3 Å². The van der Waals surface area contributed by atoms with Crippen molar-refractivity contribution in [2.75, 3.05) is 26.6 Å². The summed E-state index contributed by atoms with van der Waals surface area (Å²) < 4.78 is 57.9. The average molecular weight is 398 g/mol. The van der Waals surface area contributed by atoms with Gasteiger partial charge in [0.25, 0.3) is 5.91 Å². The van der Waals surface area contributed by atoms with Gasteiger partial charge < -0.3 is 15.5 Å². The monoisotopic (exact) mass is 397 g/mol. The van der Waals surface area contributed by atoms with Crippen molar-refractivity contribution in [2.24, 2.45) is 0 Å². The van der Waals surface area contributed by atoms with Crippen LogP contribution in [0.1, 0.15) is 37.2 Å². The molecule has 2 N–H and O–H groups in total. The molecule has 1 saturated heterocycles. The zero-order chi connectivity index (χ0) is 24.6. The molecule has 3 heterocycles. The van der Waals surface area contributed by atoms with Crippen molar-refractivity contribution in [1.82, 2.24) is 25.5 Å². The highest BCUT2D eigenvalue weighted by Crippen LogP contribution is 2.29. The highest BCUT2D eigenvalue weighted by Gasteiger charge is 2.26. The number of amides is 2. The predicted octanol–water partition coefficient (Wildman–Crippen LogP) is 1.79. The van der Waals surface area contributed by atoms with E-state index >= 15 is 0 Å². The molecule has 0 radical (unpaired) electrons. The number of halogens is 2. The lowest BCUT2D eigenvalue weighted by Crippen LogP contribution is -2.47. The minimum atomic E-state index is -2.82. The molecule has 0 aromatic carbocycles. The number of pyridine rings is 2. The van der Waals surface area contributed by atoms with Crippen LogP contribution in [0.3, 0.4) is 0 Å². The maximum Gasteiger partial charge on any atom is 0.269 e. The van der Waals surface area contributed by atoms with Gasteiger partial charge >= 0.3 is 0 Å². The van der Waals surface area contributed by atoms with Gasteiger partial charge in [-0.05, 0) is 23.8 Å². The minimum Gasteiger partial charge on any atom is -0.354 e. The molecule has 3 rings (SSSR count). The summed E-state index contributed by atoms with van der Waals surface area (Å²) in [5.41, 5.74) is 0.163. The summed E-state index contributed by atoms with van der Waals surface area (Å²) in [6, 6.07) is 4.40. The van der Waals surface area contributed by atoms with Gasteiger partial charge in [-0.15, -0.1) is 0 Å². The van der Waals surface area contributed by atoms with Crippen LogP contribution in [0.15, 0.2) is 24.3 Å². The Labute approximate surface area is 169 Å². The van der Waals surface area contributed by atoms with Gasteiger partial charge in [0.2, 0.25) is 11.9 Å². The number of piperazine rings is 1. The molecule has 142 valence electrons. The number of nitrogens with one attached hydrogen (secondary N) is 2. The number of hydrogen-bond acceptors (Lipinski definition) is 5. The molecule has 0 spiro atoms. The highest BCUT2D eigenvalue weighted by molar-refractivity contribution is 6.29. The smallest absolute Gasteiger partial charge is 0.269 e. The van der Waals surface area contributed by atoms with Crippen LogP contribution in [-0.4, -0.2) is 53.3 Å². The Morgan fingerprint density at radius 3 is 3.00 bits per heavy atom. The first-order chi connectivity index (χ1) is 15.2. The molecular formula is C18H19ClFN5O2. The van der Waals surface area contributed by atoms with E-state index in [-0.39, 0.29) is 29.5 Å². The average Bonchev–Trinajstić information content (AvgIpc) is 2.70. The standard InChI is InChI=1S/C18H19ClFN5O2/c1-10(26)25-4-3-22-9-15(25)12-6-13(23-16(19)7-12)11-5-14(18(27)21-2)24-17(20)8-11/h5-8,15,22H,3-4,9H2,1-2H3,(H,21,27)/t15-/m0/s1/i1D3,2D3. The quantitative estimate of drug-likeness (QED) is 0.771. The van der Waals surface area contributed by atoms with Crippen molar-refractivity contribution >= 4 is 23.4 Å². The summed E-state index contributed by atoms with van der Waals surface area (Å²) in [5.74, 6) is -3.17. The lowest BCUT2D eigenvalue weighted by atomic mass is 10.0. The van der Waals surface area contributed by atoms with Crippen LogP contribution in [0.25, 0.3) is 11.3 Å². The maximum absolute atomic E-state index is 14.1. The summed E-state index contributed by atoms with van der Waals surface area (Å²) in [4.78, 5) is 33.4. The number of carbonyl (C=O) groups excluding carboxylic acids is 2. The van der Waals surface area contributed by atoms with Gasteiger partial charge in [0, 0.05) is 53.3 Å². The van der Waals surface area contributed by atoms with Crippen molar-refractivity contribution in [3.05, 3.63) is 46.6 Å². The fourth-order valence-electron chi connectivity index (χ4n) is 2.93. The molecule has 0 saturated carbocycles. The zero-order valence-corrected chi connectivity index (χ0v) is 14.7. The first-order valence-corrected chi connectivity index (χ1v) is 8.32. The summed E-state index contributed by atoms with van der Waals surface area (Å²) in [6.45, 7) is -4.81. The zero-order valence-electron chi connectivity index (χ0n) is 19.9. The Morgan fingerprint density at radius 2 is 2.22 bits per heavy atom. The first kappa shape index (κ1) is 12.7. The van der Waals surface area contributed by atoms with Crippen LogP contribution in [0.2, 0.25) is 5.15 Å². The van der Waals surface area contributed by atoms with Crippen LogP contribution < -0.4 is 10.6 Å². The van der Waals surface area contributed by atoms with Crippen molar-refractivity contribution in [2.45, 2.75) is 12.9 Å². The topological polar surface area (TPSA) is 87.2 Å². The second-order valence-corrected chi connectivity index (χ2v) is 6.23. The van der Waals surface area contributed by atoms with E-state index in [1.807, 2.05) is 0 Å². The fourth-order valence-corrected chi connectivity index (χ4v) is 3.14. The molecule has 2 amide bonds. The van der Waals surface area contributed by atoms with Gasteiger partial charge in [-0.2, -0.15) is 4.39 Å². The van der Waals surface area contributed by atoms with Crippen molar-refractivity contribution in [1.29, 1.82) is 0 Å². The second kappa shape index (κ2) is 7.98. The van der Waals surface area contributed by atoms with Crippen LogP contribution in [0.5, 0.6) is 0 Å². The molecule has 7 nitrogen and oxygen atoms in total. The van der Waals surface area contributed by atoms with E-state index < -0.39 is 43.3 Å². The minimum absolute atomic E-state index is 0.0138. The third-order valence-electron chi connectivity index (χ3n) is 4.14. The number of hydrogen-bond donors (Lipinski definition) is 2. The molecule has 27 heavy (non-hydrogen) atoms. The summed E-state index contributed by atoms with van der Waals surface area (Å²) in [6.07, 6.45) is 0. The van der Waals surface area contributed by atoms with Crippen LogP contribution in [-0.2, 0) is 4.79 Å². The Balaban J connectivity index is 2.01. The Morgan fingerprint density at radius 1 is 1.37 bits per heavy atom. The third kappa shape index (κ3) is 4.23. The van der Waals surface area contributed by atoms with E-state index in [1.54, 1.807) is 5.32 Å². The van der Waals surface area contributed by atoms with Crippen LogP contribution >= 0.6 is 11.6 Å². The number of carbonyl (C=O) groups is 2. The van der Waals surface area contributed by atoms with E-state index in [0.717, 1.165) is 12.1 Å². The summed E-state index contributed by atoms with van der Waals surface area (Å²) in [7, 11) is 0. The maximum atomic E-state index is 14.1. The highest BCUT2D eigenvalue weighted by atomic mass is 35.5. The first-order valence-electron chi connectivity index (χ1n) is 10.9. The van der Waals surface area contributed by atoms with Crippen LogP contribution in [0.4, 0.5) is 4.39 Å². The Bertz CT molecular complexity index is 1080. The normalized spacial score (nSPS) is 21.1. The molecule has 9 heteroatoms. The second-order valence-electron chi connectivity index (χ2n) is 5.84. The molecule has 1 aliphatic rings. The van der Waals surface area contributed by atoms with Gasteiger partial charge in [0.05, 0.1) is 11.7 Å². The van der Waals surface area contributed by atoms with Gasteiger partial charge in [-0.3, -0.25) is 9.59 Å².